The Morgan fingerprint density at radius 3 is 2.43 bits per heavy atom. The van der Waals surface area contributed by atoms with Crippen molar-refractivity contribution in [2.45, 2.75) is 111 Å². The monoisotopic (exact) mass is 484 g/mol. The van der Waals surface area contributed by atoms with Gasteiger partial charge in [0.1, 0.15) is 11.7 Å². The van der Waals surface area contributed by atoms with Gasteiger partial charge in [-0.1, -0.05) is 45.4 Å². The highest BCUT2D eigenvalue weighted by Gasteiger charge is 2.65. The lowest BCUT2D eigenvalue weighted by molar-refractivity contribution is -0.169. The minimum absolute atomic E-state index is 0.0463. The molecule has 35 heavy (non-hydrogen) atoms. The third-order valence-electron chi connectivity index (χ3n) is 11.7. The van der Waals surface area contributed by atoms with Crippen LogP contribution in [0.5, 0.6) is 0 Å². The summed E-state index contributed by atoms with van der Waals surface area (Å²) in [6.45, 7) is 15.4. The van der Waals surface area contributed by atoms with Gasteiger partial charge in [0.2, 0.25) is 0 Å². The van der Waals surface area contributed by atoms with E-state index in [9.17, 15) is 14.7 Å². The van der Waals surface area contributed by atoms with Gasteiger partial charge in [0.25, 0.3) is 0 Å². The number of ether oxygens (including phenoxy) is 2. The number of rotatable bonds is 2. The molecule has 0 aromatic rings. The largest absolute Gasteiger partial charge is 0.458 e. The number of hydrogen-bond donors (Lipinski definition) is 1. The Balaban J connectivity index is 1.49. The minimum atomic E-state index is -1.07. The van der Waals surface area contributed by atoms with Crippen molar-refractivity contribution in [3.63, 3.8) is 0 Å². The molecule has 3 aliphatic carbocycles. The first-order valence-electron chi connectivity index (χ1n) is 13.7. The summed E-state index contributed by atoms with van der Waals surface area (Å²) in [5.41, 5.74) is 1.59. The molecule has 0 bridgehead atoms. The summed E-state index contributed by atoms with van der Waals surface area (Å²) in [4.78, 5) is 24.8. The van der Waals surface area contributed by atoms with Gasteiger partial charge < -0.3 is 14.6 Å². The molecule has 0 aromatic carbocycles. The summed E-state index contributed by atoms with van der Waals surface area (Å²) in [6, 6.07) is 0. The number of hydrogen-bond acceptors (Lipinski definition) is 5. The molecule has 0 unspecified atom stereocenters. The van der Waals surface area contributed by atoms with Crippen LogP contribution in [0.4, 0.5) is 0 Å². The third kappa shape index (κ3) is 3.43. The Bertz CT molecular complexity index is 993. The normalized spacial score (nSPS) is 47.7. The average Bonchev–Trinajstić information content (AvgIpc) is 3.02. The van der Waals surface area contributed by atoms with Gasteiger partial charge in [-0.05, 0) is 93.3 Å². The van der Waals surface area contributed by atoms with E-state index >= 15 is 0 Å². The zero-order chi connectivity index (χ0) is 25.6. The molecule has 1 saturated heterocycles. The highest BCUT2D eigenvalue weighted by atomic mass is 16.6. The van der Waals surface area contributed by atoms with Gasteiger partial charge in [0.05, 0.1) is 0 Å². The molecule has 3 fully saturated rings. The maximum atomic E-state index is 12.6. The molecule has 0 radical (unpaired) electrons. The van der Waals surface area contributed by atoms with Crippen LogP contribution in [0.2, 0.25) is 0 Å². The van der Waals surface area contributed by atoms with Crippen LogP contribution in [0.1, 0.15) is 93.4 Å². The van der Waals surface area contributed by atoms with Crippen LogP contribution in [-0.2, 0) is 19.1 Å². The van der Waals surface area contributed by atoms with Gasteiger partial charge in [-0.3, -0.25) is 0 Å². The number of carbonyl (C=O) groups excluding carboxylic acids is 2. The highest BCUT2D eigenvalue weighted by Crippen LogP contribution is 2.72. The van der Waals surface area contributed by atoms with E-state index in [1.807, 2.05) is 26.8 Å². The van der Waals surface area contributed by atoms with E-state index in [0.717, 1.165) is 44.1 Å². The van der Waals surface area contributed by atoms with Crippen molar-refractivity contribution in [3.8, 4) is 0 Å². The number of aliphatic hydroxyl groups is 1. The van der Waals surface area contributed by atoms with Crippen molar-refractivity contribution in [2.24, 2.45) is 39.9 Å². The Kier molecular flexibility index (Phi) is 5.68. The van der Waals surface area contributed by atoms with Crippen molar-refractivity contribution in [1.82, 2.24) is 0 Å². The van der Waals surface area contributed by atoms with Gasteiger partial charge in [0, 0.05) is 17.9 Å². The fourth-order valence-electron chi connectivity index (χ4n) is 9.54. The summed E-state index contributed by atoms with van der Waals surface area (Å²) in [5, 5.41) is 10.7. The fraction of sp³-hybridized carbons (Fsp3) is 0.800. The predicted octanol–water partition coefficient (Wildman–Crippen LogP) is 5.76. The van der Waals surface area contributed by atoms with Crippen molar-refractivity contribution in [2.75, 3.05) is 0 Å². The first-order valence-corrected chi connectivity index (χ1v) is 13.7. The van der Waals surface area contributed by atoms with E-state index in [1.54, 1.807) is 0 Å². The van der Waals surface area contributed by atoms with Crippen molar-refractivity contribution in [1.29, 1.82) is 0 Å². The molecule has 0 aromatic heterocycles. The Labute approximate surface area is 210 Å². The maximum absolute atomic E-state index is 12.6. The van der Waals surface area contributed by atoms with E-state index in [-0.39, 0.29) is 34.2 Å². The number of aliphatic hydroxyl groups excluding tert-OH is 1. The van der Waals surface area contributed by atoms with Gasteiger partial charge >= 0.3 is 11.9 Å². The van der Waals surface area contributed by atoms with Crippen LogP contribution >= 0.6 is 0 Å². The first kappa shape index (κ1) is 25.0. The number of allylic oxidation sites excluding steroid dienone is 2. The molecule has 0 amide bonds. The van der Waals surface area contributed by atoms with Crippen LogP contribution < -0.4 is 0 Å². The Morgan fingerprint density at radius 2 is 1.74 bits per heavy atom. The molecule has 5 heteroatoms. The summed E-state index contributed by atoms with van der Waals surface area (Å²) in [7, 11) is 0. The van der Waals surface area contributed by atoms with E-state index in [0.29, 0.717) is 24.2 Å². The second kappa shape index (κ2) is 7.94. The van der Waals surface area contributed by atoms with Crippen molar-refractivity contribution in [3.05, 3.63) is 23.3 Å². The zero-order valence-electron chi connectivity index (χ0n) is 22.6. The topological polar surface area (TPSA) is 72.8 Å². The molecule has 5 nitrogen and oxygen atoms in total. The zero-order valence-corrected chi connectivity index (χ0v) is 22.6. The summed E-state index contributed by atoms with van der Waals surface area (Å²) < 4.78 is 11.7. The van der Waals surface area contributed by atoms with Crippen molar-refractivity contribution >= 4 is 11.9 Å². The lowest BCUT2D eigenvalue weighted by atomic mass is 9.44. The van der Waals surface area contributed by atoms with Crippen LogP contribution in [-0.4, -0.2) is 34.9 Å². The molecule has 5 rings (SSSR count). The second-order valence-electron chi connectivity index (χ2n) is 13.6. The first-order chi connectivity index (χ1) is 16.2. The van der Waals surface area contributed by atoms with Gasteiger partial charge in [-0.2, -0.15) is 0 Å². The van der Waals surface area contributed by atoms with Crippen LogP contribution in [0.15, 0.2) is 23.3 Å². The van der Waals surface area contributed by atoms with E-state index < -0.39 is 17.7 Å². The molecule has 1 N–H and O–H groups in total. The number of esters is 2. The number of fused-ring (bicyclic) bond motifs is 5. The molecular weight excluding hydrogens is 440 g/mol. The number of cyclic esters (lactones) is 2. The average molecular weight is 485 g/mol. The molecule has 194 valence electrons. The minimum Gasteiger partial charge on any atom is -0.458 e. The molecule has 0 spiro atoms. The third-order valence-corrected chi connectivity index (χ3v) is 11.7. The van der Waals surface area contributed by atoms with Gasteiger partial charge in [0.15, 0.2) is 6.10 Å². The van der Waals surface area contributed by atoms with E-state index in [1.165, 1.54) is 5.57 Å². The van der Waals surface area contributed by atoms with Gasteiger partial charge in [-0.15, -0.1) is 0 Å². The van der Waals surface area contributed by atoms with Crippen LogP contribution in [0, 0.1) is 39.9 Å². The fourth-order valence-corrected chi connectivity index (χ4v) is 9.54. The molecule has 2 saturated carbocycles. The lowest BCUT2D eigenvalue weighted by Gasteiger charge is -2.61. The highest BCUT2D eigenvalue weighted by molar-refractivity contribution is 5.88. The standard InChI is InChI=1S/C30H44O5/c1-17-8-10-23(34-25(17)32)18(2)19-12-14-30(7)21-9-11-24-27(3,4)35-26(33)22(31)16-28(24,5)20(21)13-15-29(19,30)6/h8,13,18-19,21-24,31H,9-12,14-16H2,1-7H3/t18-,19+,21+,22-,23+,24-,28+,29+,30-/m0/s1. The predicted molar refractivity (Wildman–Crippen MR) is 134 cm³/mol. The summed E-state index contributed by atoms with van der Waals surface area (Å²) in [5.74, 6) is 0.785. The molecule has 2 heterocycles. The molecule has 5 aliphatic rings. The molecule has 9 atom stereocenters. The SMILES string of the molecule is CC1=CC[C@H]([C@@H](C)[C@H]2CC[C@@]3(C)[C@@H]4CC[C@H]5C(C)(C)OC(=O)[C@@H](O)C[C@]5(C)C4=CC[C@]23C)OC1=O. The van der Waals surface area contributed by atoms with Gasteiger partial charge in [-0.25, -0.2) is 9.59 Å². The smallest absolute Gasteiger partial charge is 0.335 e. The van der Waals surface area contributed by atoms with Crippen molar-refractivity contribution < 1.29 is 24.2 Å². The quantitative estimate of drug-likeness (QED) is 0.399. The molecule has 2 aliphatic heterocycles. The molecular formula is C30H44O5. The maximum Gasteiger partial charge on any atom is 0.335 e. The van der Waals surface area contributed by atoms with Crippen LogP contribution in [0.3, 0.4) is 0 Å². The van der Waals surface area contributed by atoms with E-state index in [4.69, 9.17) is 9.47 Å². The Morgan fingerprint density at radius 1 is 1.03 bits per heavy atom. The lowest BCUT2D eigenvalue weighted by Crippen LogP contribution is -2.55. The number of carbonyl (C=O) groups is 2. The summed E-state index contributed by atoms with van der Waals surface area (Å²) in [6.07, 6.45) is 10.1. The van der Waals surface area contributed by atoms with Crippen LogP contribution in [0.25, 0.3) is 0 Å². The second-order valence-corrected chi connectivity index (χ2v) is 13.6. The summed E-state index contributed by atoms with van der Waals surface area (Å²) >= 11 is 0. The Hall–Kier alpha value is -1.62. The van der Waals surface area contributed by atoms with E-state index in [2.05, 4.69) is 33.8 Å².